The molecule has 2 N–H and O–H groups in total. The lowest BCUT2D eigenvalue weighted by Gasteiger charge is -2.10. The summed E-state index contributed by atoms with van der Waals surface area (Å²) >= 11 is 5.96. The van der Waals surface area contributed by atoms with Gasteiger partial charge in [-0.1, -0.05) is 17.7 Å². The molecule has 0 aliphatic rings. The van der Waals surface area contributed by atoms with Crippen LogP contribution in [0.1, 0.15) is 0 Å². The lowest BCUT2D eigenvalue weighted by Crippen LogP contribution is -2.14. The molecule has 0 fully saturated rings. The minimum absolute atomic E-state index is 0.0268. The summed E-state index contributed by atoms with van der Waals surface area (Å²) in [5, 5.41) is 3.26. The molecule has 1 heterocycles. The van der Waals surface area contributed by atoms with Crippen LogP contribution in [-0.4, -0.2) is 27.1 Å². The minimum atomic E-state index is -3.78. The second kappa shape index (κ2) is 7.34. The Morgan fingerprint density at radius 1 is 1.35 bits per heavy atom. The monoisotopic (exact) mass is 353 g/mol. The van der Waals surface area contributed by atoms with E-state index in [9.17, 15) is 8.42 Å². The van der Waals surface area contributed by atoms with E-state index in [2.05, 4.69) is 21.6 Å². The maximum absolute atomic E-state index is 12.3. The van der Waals surface area contributed by atoms with Gasteiger partial charge in [0.2, 0.25) is 0 Å². The molecule has 0 bridgehead atoms. The zero-order chi connectivity index (χ0) is 16.9. The Balaban J connectivity index is 2.17. The Bertz CT molecular complexity index is 792. The molecule has 1 aromatic carbocycles. The van der Waals surface area contributed by atoms with Crippen LogP contribution in [-0.2, 0) is 10.0 Å². The van der Waals surface area contributed by atoms with E-state index >= 15 is 0 Å². The van der Waals surface area contributed by atoms with Gasteiger partial charge in [-0.15, -0.1) is 6.58 Å². The van der Waals surface area contributed by atoms with Crippen molar-refractivity contribution in [2.45, 2.75) is 4.90 Å². The number of aromatic nitrogens is 1. The zero-order valence-electron chi connectivity index (χ0n) is 12.4. The van der Waals surface area contributed by atoms with Gasteiger partial charge >= 0.3 is 0 Å². The van der Waals surface area contributed by atoms with Crippen LogP contribution in [0.25, 0.3) is 0 Å². The van der Waals surface area contributed by atoms with Gasteiger partial charge in [0, 0.05) is 6.54 Å². The molecule has 122 valence electrons. The number of benzene rings is 1. The molecule has 2 rings (SSSR count). The van der Waals surface area contributed by atoms with Crippen molar-refractivity contribution in [1.29, 1.82) is 0 Å². The summed E-state index contributed by atoms with van der Waals surface area (Å²) < 4.78 is 32.1. The fraction of sp³-hybridized carbons (Fsp3) is 0.133. The third-order valence-electron chi connectivity index (χ3n) is 2.89. The van der Waals surface area contributed by atoms with Crippen molar-refractivity contribution >= 4 is 33.1 Å². The average Bonchev–Trinajstić information content (AvgIpc) is 2.54. The lowest BCUT2D eigenvalue weighted by atomic mass is 10.3. The Hall–Kier alpha value is -2.25. The van der Waals surface area contributed by atoms with Gasteiger partial charge in [-0.3, -0.25) is 4.72 Å². The normalized spacial score (nSPS) is 10.9. The highest BCUT2D eigenvalue weighted by atomic mass is 35.5. The summed E-state index contributed by atoms with van der Waals surface area (Å²) in [7, 11) is -2.32. The molecule has 0 saturated carbocycles. The quantitative estimate of drug-likeness (QED) is 0.747. The summed E-state index contributed by atoms with van der Waals surface area (Å²) in [6, 6.07) is 7.51. The van der Waals surface area contributed by atoms with Gasteiger partial charge in [-0.2, -0.15) is 0 Å². The van der Waals surface area contributed by atoms with Crippen molar-refractivity contribution < 1.29 is 13.2 Å². The van der Waals surface area contributed by atoms with Crippen molar-refractivity contribution in [2.24, 2.45) is 0 Å². The van der Waals surface area contributed by atoms with Crippen molar-refractivity contribution in [2.75, 3.05) is 23.7 Å². The maximum atomic E-state index is 12.3. The molecule has 0 atom stereocenters. The van der Waals surface area contributed by atoms with Crippen LogP contribution in [0.15, 0.2) is 54.1 Å². The van der Waals surface area contributed by atoms with E-state index in [1.54, 1.807) is 18.2 Å². The number of methoxy groups -OCH3 is 1. The third kappa shape index (κ3) is 4.37. The molecule has 0 unspecified atom stereocenters. The van der Waals surface area contributed by atoms with E-state index in [0.717, 1.165) is 5.69 Å². The number of rotatable bonds is 7. The molecule has 1 aromatic heterocycles. The summed E-state index contributed by atoms with van der Waals surface area (Å²) in [5.74, 6) is 0.613. The number of hydrogen-bond acceptors (Lipinski definition) is 5. The van der Waals surface area contributed by atoms with Crippen LogP contribution >= 0.6 is 11.6 Å². The van der Waals surface area contributed by atoms with Crippen molar-refractivity contribution in [3.05, 3.63) is 54.2 Å². The molecule has 0 saturated heterocycles. The molecule has 0 spiro atoms. The van der Waals surface area contributed by atoms with Gasteiger partial charge in [0.25, 0.3) is 10.0 Å². The molecule has 6 nitrogen and oxygen atoms in total. The van der Waals surface area contributed by atoms with Crippen LogP contribution in [0.2, 0.25) is 5.02 Å². The SMILES string of the molecule is C=CCNc1ccc(NS(=O)(=O)c2ccc(OC)c(Cl)c2)nc1. The highest BCUT2D eigenvalue weighted by Gasteiger charge is 2.16. The fourth-order valence-corrected chi connectivity index (χ4v) is 3.12. The number of hydrogen-bond donors (Lipinski definition) is 2. The molecule has 2 aromatic rings. The van der Waals surface area contributed by atoms with Gasteiger partial charge in [-0.05, 0) is 30.3 Å². The van der Waals surface area contributed by atoms with E-state index in [1.165, 1.54) is 31.5 Å². The van der Waals surface area contributed by atoms with E-state index in [1.807, 2.05) is 0 Å². The predicted molar refractivity (Wildman–Crippen MR) is 91.7 cm³/mol. The molecule has 0 aliphatic heterocycles. The molecular formula is C15H16ClN3O3S. The van der Waals surface area contributed by atoms with Gasteiger partial charge in [-0.25, -0.2) is 13.4 Å². The third-order valence-corrected chi connectivity index (χ3v) is 4.53. The smallest absolute Gasteiger partial charge is 0.263 e. The van der Waals surface area contributed by atoms with Crippen LogP contribution < -0.4 is 14.8 Å². The van der Waals surface area contributed by atoms with Gasteiger partial charge < -0.3 is 10.1 Å². The van der Waals surface area contributed by atoms with Crippen LogP contribution in [0.3, 0.4) is 0 Å². The zero-order valence-corrected chi connectivity index (χ0v) is 14.0. The first kappa shape index (κ1) is 17.1. The van der Waals surface area contributed by atoms with Gasteiger partial charge in [0.15, 0.2) is 0 Å². The molecule has 0 radical (unpaired) electrons. The molecule has 0 aliphatic carbocycles. The second-order valence-electron chi connectivity index (χ2n) is 4.50. The van der Waals surface area contributed by atoms with E-state index in [0.29, 0.717) is 12.3 Å². The summed E-state index contributed by atoms with van der Waals surface area (Å²) in [4.78, 5) is 4.08. The molecule has 23 heavy (non-hydrogen) atoms. The second-order valence-corrected chi connectivity index (χ2v) is 6.59. The van der Waals surface area contributed by atoms with Crippen LogP contribution in [0.4, 0.5) is 11.5 Å². The molecule has 0 amide bonds. The number of pyridine rings is 1. The summed E-state index contributed by atoms with van der Waals surface area (Å²) in [5.41, 5.74) is 0.764. The predicted octanol–water partition coefficient (Wildman–Crippen LogP) is 3.14. The largest absolute Gasteiger partial charge is 0.495 e. The first-order chi connectivity index (χ1) is 11.0. The average molecular weight is 354 g/mol. The number of ether oxygens (including phenoxy) is 1. The van der Waals surface area contributed by atoms with Crippen molar-refractivity contribution in [3.63, 3.8) is 0 Å². The van der Waals surface area contributed by atoms with Crippen molar-refractivity contribution in [1.82, 2.24) is 4.98 Å². The highest BCUT2D eigenvalue weighted by molar-refractivity contribution is 7.92. The van der Waals surface area contributed by atoms with E-state index < -0.39 is 10.0 Å². The number of halogens is 1. The van der Waals surface area contributed by atoms with Crippen LogP contribution in [0, 0.1) is 0 Å². The Kier molecular flexibility index (Phi) is 5.46. The first-order valence-electron chi connectivity index (χ1n) is 6.63. The molecular weight excluding hydrogens is 338 g/mol. The number of nitrogens with zero attached hydrogens (tertiary/aromatic N) is 1. The summed E-state index contributed by atoms with van der Waals surface area (Å²) in [6.45, 7) is 4.19. The maximum Gasteiger partial charge on any atom is 0.263 e. The van der Waals surface area contributed by atoms with Crippen molar-refractivity contribution in [3.8, 4) is 5.75 Å². The Morgan fingerprint density at radius 2 is 2.13 bits per heavy atom. The fourth-order valence-electron chi connectivity index (χ4n) is 1.76. The lowest BCUT2D eigenvalue weighted by molar-refractivity contribution is 0.414. The number of nitrogens with one attached hydrogen (secondary N) is 2. The minimum Gasteiger partial charge on any atom is -0.495 e. The topological polar surface area (TPSA) is 80.3 Å². The standard InChI is InChI=1S/C15H16ClN3O3S/c1-3-8-17-11-4-7-15(18-10-11)19-23(20,21)12-5-6-14(22-2)13(16)9-12/h3-7,9-10,17H,1,8H2,2H3,(H,18,19). The Morgan fingerprint density at radius 3 is 2.70 bits per heavy atom. The van der Waals surface area contributed by atoms with Gasteiger partial charge in [0.05, 0.1) is 28.9 Å². The van der Waals surface area contributed by atoms with Crippen LogP contribution in [0.5, 0.6) is 5.75 Å². The summed E-state index contributed by atoms with van der Waals surface area (Å²) in [6.07, 6.45) is 3.24. The highest BCUT2D eigenvalue weighted by Crippen LogP contribution is 2.27. The number of anilines is 2. The number of sulfonamides is 1. The first-order valence-corrected chi connectivity index (χ1v) is 8.49. The molecule has 8 heteroatoms. The van der Waals surface area contributed by atoms with Gasteiger partial charge in [0.1, 0.15) is 11.6 Å². The Labute approximate surface area is 140 Å². The van der Waals surface area contributed by atoms with E-state index in [4.69, 9.17) is 16.3 Å². The van der Waals surface area contributed by atoms with E-state index in [-0.39, 0.29) is 15.7 Å².